The van der Waals surface area contributed by atoms with E-state index in [0.717, 1.165) is 21.5 Å². The minimum Gasteiger partial charge on any atom is -0.305 e. The molecule has 4 aromatic heterocycles. The van der Waals surface area contributed by atoms with Crippen LogP contribution in [-0.2, 0) is 0 Å². The number of nitrogens with zero attached hydrogens (tertiary/aromatic N) is 5. The summed E-state index contributed by atoms with van der Waals surface area (Å²) in [5, 5.41) is 27.5. The molecule has 6 rings (SSSR count). The predicted octanol–water partition coefficient (Wildman–Crippen LogP) is 3.16. The van der Waals surface area contributed by atoms with Crippen molar-refractivity contribution in [3.63, 3.8) is 0 Å². The molecule has 1 aliphatic carbocycles. The van der Waals surface area contributed by atoms with Gasteiger partial charge in [-0.3, -0.25) is 9.89 Å². The van der Waals surface area contributed by atoms with Gasteiger partial charge in [0.2, 0.25) is 0 Å². The van der Waals surface area contributed by atoms with Gasteiger partial charge in [0.1, 0.15) is 10.7 Å². The van der Waals surface area contributed by atoms with E-state index < -0.39 is 11.5 Å². The van der Waals surface area contributed by atoms with E-state index in [1.54, 1.807) is 30.7 Å². The largest absolute Gasteiger partial charge is 0.305 e. The molecule has 0 fully saturated rings. The van der Waals surface area contributed by atoms with E-state index in [-0.39, 0.29) is 11.3 Å². The molecule has 0 bridgehead atoms. The number of thiazole rings is 1. The van der Waals surface area contributed by atoms with Gasteiger partial charge >= 0.3 is 0 Å². The van der Waals surface area contributed by atoms with Gasteiger partial charge in [-0.2, -0.15) is 10.2 Å². The third-order valence-electron chi connectivity index (χ3n) is 5.42. The first kappa shape index (κ1) is 18.5. The molecule has 10 heteroatoms. The minimum atomic E-state index is -0.451. The fourth-order valence-electron chi connectivity index (χ4n) is 3.99. The lowest BCUT2D eigenvalue weighted by Gasteiger charge is -2.24. The molecule has 3 N–H and O–H groups in total. The Morgan fingerprint density at radius 3 is 2.88 bits per heavy atom. The maximum Gasteiger partial charge on any atom is 0.260 e. The van der Waals surface area contributed by atoms with Crippen LogP contribution in [0.3, 0.4) is 0 Å². The fraction of sp³-hybridized carbons (Fsp3) is 0.0455. The van der Waals surface area contributed by atoms with Crippen molar-refractivity contribution in [3.05, 3.63) is 92.6 Å². The molecule has 32 heavy (non-hydrogen) atoms. The number of hydrogen-bond acceptors (Lipinski definition) is 8. The Morgan fingerprint density at radius 1 is 1.12 bits per heavy atom. The summed E-state index contributed by atoms with van der Waals surface area (Å²) < 4.78 is 0. The average molecular weight is 438 g/mol. The van der Waals surface area contributed by atoms with Crippen molar-refractivity contribution in [3.8, 4) is 11.5 Å². The molecule has 0 spiro atoms. The summed E-state index contributed by atoms with van der Waals surface area (Å²) in [5.74, 6) is -0.152. The Balaban J connectivity index is 1.61. The lowest BCUT2D eigenvalue weighted by atomic mass is 9.81. The molecular formula is C22H14N8OS. The molecule has 9 nitrogen and oxygen atoms in total. The SMILES string of the molecule is N=C1c2c(nc(-c3cccnn3)[nH]c2=O)C(c2nccs2)=CC1c1cccc2[nH]ncc12. The van der Waals surface area contributed by atoms with Crippen LogP contribution in [0.4, 0.5) is 0 Å². The van der Waals surface area contributed by atoms with Gasteiger partial charge in [0.05, 0.1) is 28.7 Å². The zero-order valence-corrected chi connectivity index (χ0v) is 17.2. The number of benzene rings is 1. The molecule has 5 aromatic rings. The highest BCUT2D eigenvalue weighted by Crippen LogP contribution is 2.38. The van der Waals surface area contributed by atoms with Gasteiger partial charge in [-0.25, -0.2) is 9.97 Å². The van der Waals surface area contributed by atoms with E-state index in [4.69, 9.17) is 10.4 Å². The van der Waals surface area contributed by atoms with E-state index in [1.165, 1.54) is 11.3 Å². The number of rotatable bonds is 3. The maximum atomic E-state index is 13.2. The first-order valence-corrected chi connectivity index (χ1v) is 10.6. The summed E-state index contributed by atoms with van der Waals surface area (Å²) in [4.78, 5) is 25.2. The summed E-state index contributed by atoms with van der Waals surface area (Å²) in [6.07, 6.45) is 6.96. The maximum absolute atomic E-state index is 13.2. The van der Waals surface area contributed by atoms with Crippen molar-refractivity contribution in [2.24, 2.45) is 0 Å². The molecule has 0 aliphatic heterocycles. The predicted molar refractivity (Wildman–Crippen MR) is 121 cm³/mol. The summed E-state index contributed by atoms with van der Waals surface area (Å²) in [7, 11) is 0. The number of nitrogens with one attached hydrogen (secondary N) is 3. The van der Waals surface area contributed by atoms with E-state index in [2.05, 4.69) is 30.4 Å². The van der Waals surface area contributed by atoms with Crippen LogP contribution in [0.2, 0.25) is 0 Å². The Bertz CT molecular complexity index is 1570. The van der Waals surface area contributed by atoms with Gasteiger partial charge in [0, 0.05) is 34.7 Å². The zero-order valence-electron chi connectivity index (χ0n) is 16.4. The lowest BCUT2D eigenvalue weighted by molar-refractivity contribution is 0.986. The minimum absolute atomic E-state index is 0.174. The standard InChI is InChI=1S/C22H14N8OS/c23-18-12(11-3-1-4-15-14(11)10-26-29-15)9-13(22-24-7-8-32-22)19-17(18)21(31)28-20(27-19)16-5-2-6-25-30-16/h1-10,12,23H,(H,26,29)(H,27,28,31). The van der Waals surface area contributed by atoms with Crippen LogP contribution in [0.15, 0.2) is 65.2 Å². The van der Waals surface area contributed by atoms with E-state index >= 15 is 0 Å². The quantitative estimate of drug-likeness (QED) is 0.396. The molecule has 1 aliphatic rings. The fourth-order valence-corrected chi connectivity index (χ4v) is 4.65. The van der Waals surface area contributed by atoms with Crippen LogP contribution in [0.5, 0.6) is 0 Å². The summed E-state index contributed by atoms with van der Waals surface area (Å²) >= 11 is 1.46. The molecular weight excluding hydrogens is 424 g/mol. The van der Waals surface area contributed by atoms with E-state index in [0.29, 0.717) is 22.8 Å². The summed E-state index contributed by atoms with van der Waals surface area (Å²) in [6.45, 7) is 0. The van der Waals surface area contributed by atoms with Crippen molar-refractivity contribution in [1.29, 1.82) is 5.41 Å². The number of hydrogen-bond donors (Lipinski definition) is 3. The molecule has 1 unspecified atom stereocenters. The van der Waals surface area contributed by atoms with Gasteiger partial charge in [0.15, 0.2) is 5.82 Å². The second kappa shape index (κ2) is 7.13. The number of H-pyrrole nitrogens is 2. The van der Waals surface area contributed by atoms with Gasteiger partial charge in [0.25, 0.3) is 5.56 Å². The van der Waals surface area contributed by atoms with Crippen molar-refractivity contribution in [1.82, 2.24) is 35.3 Å². The van der Waals surface area contributed by atoms with E-state index in [9.17, 15) is 4.79 Å². The topological polar surface area (TPSA) is 137 Å². The van der Waals surface area contributed by atoms with Crippen LogP contribution < -0.4 is 5.56 Å². The Morgan fingerprint density at radius 2 is 2.06 bits per heavy atom. The van der Waals surface area contributed by atoms with Crippen LogP contribution >= 0.6 is 11.3 Å². The van der Waals surface area contributed by atoms with Crippen LogP contribution in [-0.4, -0.2) is 41.1 Å². The van der Waals surface area contributed by atoms with Crippen LogP contribution in [0.1, 0.15) is 27.7 Å². The number of aromatic amines is 2. The molecule has 4 heterocycles. The zero-order chi connectivity index (χ0) is 21.7. The monoisotopic (exact) mass is 438 g/mol. The Hall–Kier alpha value is -4.31. The highest BCUT2D eigenvalue weighted by molar-refractivity contribution is 7.10. The van der Waals surface area contributed by atoms with Gasteiger partial charge < -0.3 is 10.4 Å². The molecule has 0 amide bonds. The third-order valence-corrected chi connectivity index (χ3v) is 6.23. The molecule has 154 valence electrons. The average Bonchev–Trinajstić information content (AvgIpc) is 3.52. The van der Waals surface area contributed by atoms with Crippen LogP contribution in [0.25, 0.3) is 28.0 Å². The van der Waals surface area contributed by atoms with Gasteiger partial charge in [-0.1, -0.05) is 18.2 Å². The highest BCUT2D eigenvalue weighted by atomic mass is 32.1. The number of fused-ring (bicyclic) bond motifs is 2. The van der Waals surface area contributed by atoms with Crippen molar-refractivity contribution >= 4 is 33.5 Å². The van der Waals surface area contributed by atoms with Gasteiger partial charge in [-0.05, 0) is 23.8 Å². The Labute approximate surface area is 184 Å². The lowest BCUT2D eigenvalue weighted by Crippen LogP contribution is -2.29. The molecule has 0 radical (unpaired) electrons. The van der Waals surface area contributed by atoms with Gasteiger partial charge in [-0.15, -0.1) is 16.4 Å². The normalized spacial score (nSPS) is 15.6. The molecule has 0 saturated carbocycles. The van der Waals surface area contributed by atoms with Crippen molar-refractivity contribution in [2.45, 2.75) is 5.92 Å². The smallest absolute Gasteiger partial charge is 0.260 e. The first-order valence-electron chi connectivity index (χ1n) is 9.76. The Kier molecular flexibility index (Phi) is 4.12. The summed E-state index contributed by atoms with van der Waals surface area (Å²) in [5.41, 5.74) is 3.35. The second-order valence-electron chi connectivity index (χ2n) is 7.23. The highest BCUT2D eigenvalue weighted by Gasteiger charge is 2.32. The van der Waals surface area contributed by atoms with Crippen molar-refractivity contribution in [2.75, 3.05) is 0 Å². The second-order valence-corrected chi connectivity index (χ2v) is 8.13. The van der Waals surface area contributed by atoms with Crippen LogP contribution in [0, 0.1) is 5.41 Å². The number of allylic oxidation sites excluding steroid dienone is 1. The number of aromatic nitrogens is 7. The molecule has 0 saturated heterocycles. The van der Waals surface area contributed by atoms with Crippen molar-refractivity contribution < 1.29 is 0 Å². The summed E-state index contributed by atoms with van der Waals surface area (Å²) in [6, 6.07) is 9.24. The third kappa shape index (κ3) is 2.81. The molecule has 1 aromatic carbocycles. The molecule has 1 atom stereocenters. The first-order chi connectivity index (χ1) is 15.7. The van der Waals surface area contributed by atoms with E-state index in [1.807, 2.05) is 29.7 Å².